The highest BCUT2D eigenvalue weighted by Crippen LogP contribution is 2.35. The lowest BCUT2D eigenvalue weighted by atomic mass is 9.61. The molecule has 9 rings (SSSR count). The Hall–Kier alpha value is -5.73. The zero-order valence-electron chi connectivity index (χ0n) is 39.3. The van der Waals surface area contributed by atoms with Crippen LogP contribution in [0.5, 0.6) is 0 Å². The predicted octanol–water partition coefficient (Wildman–Crippen LogP) is -10.8. The van der Waals surface area contributed by atoms with Crippen LogP contribution in [0.3, 0.4) is 0 Å². The third-order valence-corrected chi connectivity index (χ3v) is 13.4. The summed E-state index contributed by atoms with van der Waals surface area (Å²) in [6.45, 7) is 3.77. The molecule has 0 atom stereocenters. The summed E-state index contributed by atoms with van der Waals surface area (Å²) in [6.07, 6.45) is 6.80. The number of hydrogen-bond acceptors (Lipinski definition) is 3. The molecule has 0 bridgehead atoms. The molecular formula is C47H10B22N4O. The van der Waals surface area contributed by atoms with E-state index in [1.54, 1.807) is 12.1 Å². The quantitative estimate of drug-likeness (QED) is 0.0868. The summed E-state index contributed by atoms with van der Waals surface area (Å²) in [5, 5.41) is 1.01. The normalized spacial score (nSPS) is 12.9. The van der Waals surface area contributed by atoms with Gasteiger partial charge in [-0.2, -0.15) is 0 Å². The standard InChI is InChI=1S/C47H10B22N4O/c1-3-12(49)22(51)23(52)13(50)8-72-42-17(18-27(56)31(60)34(63)37(66)43(18)72)25(54)16(26(55)36(42)65)15(10(2)48)24(53)20-19-28(57)32(61)35(64)38(67)44(19)73(47(20)69)45-30(59)21(29(58)33(62)39(45)68)41-46-40(70-9-71-41)11-6-4-5-7-14(11)74-46/h1,4-7,9H,2,8H2/b22-12-,23-13-,24-15-. The van der Waals surface area contributed by atoms with Crippen LogP contribution in [-0.4, -0.2) is 192 Å². The van der Waals surface area contributed by atoms with Crippen molar-refractivity contribution in [1.82, 2.24) is 19.1 Å². The number of allylic oxidation sites excluding steroid dienone is 6. The van der Waals surface area contributed by atoms with Crippen molar-refractivity contribution in [2.24, 2.45) is 0 Å². The van der Waals surface area contributed by atoms with E-state index in [2.05, 4.69) is 22.5 Å². The Bertz CT molecular complexity index is 4230. The lowest BCUT2D eigenvalue weighted by Gasteiger charge is -2.26. The summed E-state index contributed by atoms with van der Waals surface area (Å²) >= 11 is 0. The average molecular weight is 884 g/mol. The van der Waals surface area contributed by atoms with Crippen LogP contribution >= 0.6 is 0 Å². The summed E-state index contributed by atoms with van der Waals surface area (Å²) in [4.78, 5) is 9.01. The molecule has 0 aliphatic heterocycles. The van der Waals surface area contributed by atoms with E-state index in [0.717, 1.165) is 0 Å². The van der Waals surface area contributed by atoms with Crippen LogP contribution in [0.2, 0.25) is 0 Å². The maximum absolute atomic E-state index is 7.32. The molecule has 74 heavy (non-hydrogen) atoms. The maximum atomic E-state index is 7.32. The summed E-state index contributed by atoms with van der Waals surface area (Å²) in [5.74, 6) is 2.22. The first kappa shape index (κ1) is 53.1. The monoisotopic (exact) mass is 888 g/mol. The fraction of sp³-hybridized carbons (Fsp3) is 0.0213. The SMILES string of the molecule is [B]C(=C)/C(=C(/[B])c1c([B])n(-c2c([B])c([B])c([B])c(-c3ncnc4c3oc3ccccc34)c2[B])c2c([B])c([B])c([B])c([B])c12)c1c([B])c([B])c2c(c1[B])c1c([B])c([B])c([B])c([B])c1n2C/C([B])=C([B])\C([B])=C(\[B])C#C. The van der Waals surface area contributed by atoms with Crippen molar-refractivity contribution in [3.63, 3.8) is 0 Å². The van der Waals surface area contributed by atoms with E-state index in [4.69, 9.17) is 183 Å². The minimum absolute atomic E-state index is 0.0106. The van der Waals surface area contributed by atoms with E-state index in [1.165, 1.54) is 15.5 Å². The fourth-order valence-electron chi connectivity index (χ4n) is 9.64. The number of furan rings is 1. The third-order valence-electron chi connectivity index (χ3n) is 13.4. The number of aromatic nitrogens is 4. The van der Waals surface area contributed by atoms with Gasteiger partial charge in [-0.15, -0.1) is 56.7 Å². The Kier molecular flexibility index (Phi) is 13.7. The molecule has 9 aromatic rings. The summed E-state index contributed by atoms with van der Waals surface area (Å²) in [7, 11) is 148. The van der Waals surface area contributed by atoms with Gasteiger partial charge in [0.15, 0.2) is 5.58 Å². The zero-order chi connectivity index (χ0) is 54.2. The molecule has 0 aliphatic rings. The van der Waals surface area contributed by atoms with Gasteiger partial charge >= 0.3 is 0 Å². The van der Waals surface area contributed by atoms with E-state index in [0.29, 0.717) is 16.5 Å². The number of hydrogen-bond donors (Lipinski definition) is 0. The molecule has 0 saturated carbocycles. The van der Waals surface area contributed by atoms with Gasteiger partial charge in [0, 0.05) is 34.2 Å². The summed E-state index contributed by atoms with van der Waals surface area (Å²) in [6, 6.07) is 7.23. The Labute approximate surface area is 458 Å². The van der Waals surface area contributed by atoms with E-state index < -0.39 is 0 Å². The predicted molar refractivity (Wildman–Crippen MR) is 331 cm³/mol. The molecule has 44 radical (unpaired) electrons. The van der Waals surface area contributed by atoms with Crippen LogP contribution in [0.25, 0.3) is 82.8 Å². The van der Waals surface area contributed by atoms with E-state index in [-0.39, 0.29) is 199 Å². The first-order chi connectivity index (χ1) is 34.8. The highest BCUT2D eigenvalue weighted by atomic mass is 16.3. The first-order valence-corrected chi connectivity index (χ1v) is 21.7. The van der Waals surface area contributed by atoms with Crippen molar-refractivity contribution in [1.29, 1.82) is 0 Å². The van der Waals surface area contributed by atoms with Crippen molar-refractivity contribution in [2.75, 3.05) is 0 Å². The summed E-state index contributed by atoms with van der Waals surface area (Å²) < 4.78 is 9.13. The van der Waals surface area contributed by atoms with Crippen LogP contribution < -0.4 is 87.5 Å². The van der Waals surface area contributed by atoms with Crippen LogP contribution in [0.1, 0.15) is 11.1 Å². The average Bonchev–Trinajstić information content (AvgIpc) is 4.03. The van der Waals surface area contributed by atoms with E-state index in [9.17, 15) is 0 Å². The highest BCUT2D eigenvalue weighted by Gasteiger charge is 2.30. The molecule has 0 N–H and O–H groups in total. The van der Waals surface area contributed by atoms with Gasteiger partial charge in [0.05, 0.1) is 0 Å². The molecule has 0 amide bonds. The molecule has 5 nitrogen and oxygen atoms in total. The molecule has 27 heteroatoms. The van der Waals surface area contributed by atoms with Gasteiger partial charge in [0.25, 0.3) is 0 Å². The van der Waals surface area contributed by atoms with Crippen LogP contribution in [-0.2, 0) is 6.54 Å². The van der Waals surface area contributed by atoms with Gasteiger partial charge in [-0.25, -0.2) is 9.97 Å². The van der Waals surface area contributed by atoms with E-state index >= 15 is 0 Å². The van der Waals surface area contributed by atoms with Crippen molar-refractivity contribution >= 4 is 326 Å². The second-order valence-corrected chi connectivity index (χ2v) is 17.4. The van der Waals surface area contributed by atoms with E-state index in [1.807, 2.05) is 12.1 Å². The Morgan fingerprint density at radius 3 is 1.72 bits per heavy atom. The molecule has 5 aromatic carbocycles. The van der Waals surface area contributed by atoms with Gasteiger partial charge in [-0.05, 0) is 56.1 Å². The highest BCUT2D eigenvalue weighted by molar-refractivity contribution is 6.72. The largest absolute Gasteiger partial charge is 0.452 e. The number of fused-ring (bicyclic) bond motifs is 7. The molecule has 4 aromatic heterocycles. The molecule has 0 aliphatic carbocycles. The van der Waals surface area contributed by atoms with Crippen molar-refractivity contribution in [3.05, 3.63) is 75.7 Å². The van der Waals surface area contributed by atoms with Gasteiger partial charge in [0.1, 0.15) is 196 Å². The summed E-state index contributed by atoms with van der Waals surface area (Å²) in [5.41, 5.74) is -1.58. The third kappa shape index (κ3) is 7.56. The molecule has 0 saturated heterocycles. The Morgan fingerprint density at radius 1 is 0.568 bits per heavy atom. The lowest BCUT2D eigenvalue weighted by molar-refractivity contribution is 0.667. The number of para-hydroxylation sites is 1. The number of benzene rings is 5. The van der Waals surface area contributed by atoms with Gasteiger partial charge in [-0.1, -0.05) is 89.1 Å². The van der Waals surface area contributed by atoms with Crippen LogP contribution in [0, 0.1) is 12.3 Å². The fourth-order valence-corrected chi connectivity index (χ4v) is 9.64. The van der Waals surface area contributed by atoms with Crippen molar-refractivity contribution in [2.45, 2.75) is 6.54 Å². The molecular weight excluding hydrogens is 874 g/mol. The Balaban J connectivity index is 1.41. The second-order valence-electron chi connectivity index (χ2n) is 17.4. The number of rotatable bonds is 8. The maximum Gasteiger partial charge on any atom is 0.180 e. The second kappa shape index (κ2) is 19.1. The number of nitrogens with zero attached hydrogens (tertiary/aromatic N) is 4. The molecule has 0 spiro atoms. The van der Waals surface area contributed by atoms with Gasteiger partial charge < -0.3 is 13.6 Å². The van der Waals surface area contributed by atoms with Crippen LogP contribution in [0.4, 0.5) is 0 Å². The Morgan fingerprint density at radius 2 is 1.11 bits per heavy atom. The molecule has 4 heterocycles. The van der Waals surface area contributed by atoms with Crippen LogP contribution in [0.15, 0.2) is 69.0 Å². The smallest absolute Gasteiger partial charge is 0.180 e. The first-order valence-electron chi connectivity index (χ1n) is 21.7. The van der Waals surface area contributed by atoms with Crippen molar-refractivity contribution < 1.29 is 4.42 Å². The lowest BCUT2D eigenvalue weighted by Crippen LogP contribution is -2.50. The van der Waals surface area contributed by atoms with Crippen molar-refractivity contribution in [3.8, 4) is 29.3 Å². The minimum atomic E-state index is -0.292. The van der Waals surface area contributed by atoms with Gasteiger partial charge in [0.2, 0.25) is 0 Å². The zero-order valence-corrected chi connectivity index (χ0v) is 39.3. The topological polar surface area (TPSA) is 48.8 Å². The number of terminal acetylenes is 1. The molecule has 290 valence electrons. The minimum Gasteiger partial charge on any atom is -0.452 e. The molecule has 0 unspecified atom stereocenters. The molecule has 0 fully saturated rings. The van der Waals surface area contributed by atoms with Gasteiger partial charge in [-0.3, -0.25) is 0 Å².